The van der Waals surface area contributed by atoms with Gasteiger partial charge in [0.05, 0.1) is 0 Å². The summed E-state index contributed by atoms with van der Waals surface area (Å²) in [5.41, 5.74) is 0.475. The van der Waals surface area contributed by atoms with Gasteiger partial charge in [0, 0.05) is 24.7 Å². The van der Waals surface area contributed by atoms with Gasteiger partial charge in [-0.2, -0.15) is 0 Å². The minimum Gasteiger partial charge on any atom is -0.316 e. The van der Waals surface area contributed by atoms with Gasteiger partial charge in [-0.25, -0.2) is 8.78 Å². The molecule has 98 valence electrons. The van der Waals surface area contributed by atoms with E-state index in [4.69, 9.17) is 0 Å². The highest BCUT2D eigenvalue weighted by Crippen LogP contribution is 2.33. The average molecular weight is 252 g/mol. The third kappa shape index (κ3) is 2.04. The third-order valence-electron chi connectivity index (χ3n) is 4.37. The Morgan fingerprint density at radius 2 is 1.89 bits per heavy atom. The summed E-state index contributed by atoms with van der Waals surface area (Å²) in [6.07, 6.45) is 0. The monoisotopic (exact) mass is 252 g/mol. The molecule has 0 aromatic heterocycles. The molecule has 0 spiro atoms. The molecule has 2 fully saturated rings. The van der Waals surface area contributed by atoms with Crippen molar-refractivity contribution in [2.75, 3.05) is 26.2 Å². The van der Waals surface area contributed by atoms with E-state index >= 15 is 0 Å². The van der Waals surface area contributed by atoms with Crippen molar-refractivity contribution in [3.8, 4) is 0 Å². The largest absolute Gasteiger partial charge is 0.316 e. The maximum Gasteiger partial charge on any atom is 0.128 e. The molecule has 2 nitrogen and oxygen atoms in total. The normalized spacial score (nSPS) is 29.5. The van der Waals surface area contributed by atoms with E-state index in [1.165, 1.54) is 18.2 Å². The van der Waals surface area contributed by atoms with Gasteiger partial charge in [0.15, 0.2) is 0 Å². The predicted octanol–water partition coefficient (Wildman–Crippen LogP) is 2.18. The van der Waals surface area contributed by atoms with Crippen LogP contribution in [0.2, 0.25) is 0 Å². The van der Waals surface area contributed by atoms with Crippen molar-refractivity contribution < 1.29 is 8.78 Å². The van der Waals surface area contributed by atoms with Gasteiger partial charge in [0.1, 0.15) is 11.6 Å². The van der Waals surface area contributed by atoms with Gasteiger partial charge in [-0.05, 0) is 50.0 Å². The molecule has 2 saturated heterocycles. The molecule has 0 saturated carbocycles. The molecule has 0 bridgehead atoms. The van der Waals surface area contributed by atoms with Crippen molar-refractivity contribution in [2.24, 2.45) is 11.8 Å². The van der Waals surface area contributed by atoms with Gasteiger partial charge in [0.25, 0.3) is 0 Å². The van der Waals surface area contributed by atoms with E-state index in [0.717, 1.165) is 26.2 Å². The van der Waals surface area contributed by atoms with Gasteiger partial charge in [0.2, 0.25) is 0 Å². The molecule has 1 aromatic carbocycles. The summed E-state index contributed by atoms with van der Waals surface area (Å²) in [6.45, 7) is 6.04. The van der Waals surface area contributed by atoms with Crippen LogP contribution in [0.1, 0.15) is 18.5 Å². The Balaban J connectivity index is 1.78. The second-order valence-electron chi connectivity index (χ2n) is 5.47. The molecule has 2 aliphatic rings. The van der Waals surface area contributed by atoms with Crippen molar-refractivity contribution in [1.82, 2.24) is 10.2 Å². The lowest BCUT2D eigenvalue weighted by Crippen LogP contribution is -2.29. The Morgan fingerprint density at radius 1 is 1.22 bits per heavy atom. The van der Waals surface area contributed by atoms with Crippen molar-refractivity contribution in [1.29, 1.82) is 0 Å². The lowest BCUT2D eigenvalue weighted by atomic mass is 10.0. The fourth-order valence-corrected chi connectivity index (χ4v) is 3.24. The van der Waals surface area contributed by atoms with Crippen LogP contribution in [0.5, 0.6) is 0 Å². The van der Waals surface area contributed by atoms with Crippen molar-refractivity contribution in [3.63, 3.8) is 0 Å². The molecule has 18 heavy (non-hydrogen) atoms. The fraction of sp³-hybridized carbons (Fsp3) is 0.571. The summed E-state index contributed by atoms with van der Waals surface area (Å²) in [4.78, 5) is 2.27. The average Bonchev–Trinajstić information content (AvgIpc) is 2.91. The molecule has 3 rings (SSSR count). The quantitative estimate of drug-likeness (QED) is 0.868. The third-order valence-corrected chi connectivity index (χ3v) is 4.37. The summed E-state index contributed by atoms with van der Waals surface area (Å²) in [5, 5.41) is 3.38. The van der Waals surface area contributed by atoms with Gasteiger partial charge in [-0.1, -0.05) is 0 Å². The lowest BCUT2D eigenvalue weighted by Gasteiger charge is -2.25. The first-order valence-electron chi connectivity index (χ1n) is 6.55. The Morgan fingerprint density at radius 3 is 2.56 bits per heavy atom. The van der Waals surface area contributed by atoms with Crippen molar-refractivity contribution in [3.05, 3.63) is 35.4 Å². The summed E-state index contributed by atoms with van der Waals surface area (Å²) >= 11 is 0. The van der Waals surface area contributed by atoms with E-state index in [0.29, 0.717) is 17.4 Å². The number of rotatable bonds is 2. The number of likely N-dealkylation sites (tertiary alicyclic amines) is 1. The van der Waals surface area contributed by atoms with Crippen LogP contribution in [0.15, 0.2) is 18.2 Å². The number of halogens is 2. The lowest BCUT2D eigenvalue weighted by molar-refractivity contribution is 0.238. The van der Waals surface area contributed by atoms with E-state index in [-0.39, 0.29) is 17.7 Å². The number of fused-ring (bicyclic) bond motifs is 1. The van der Waals surface area contributed by atoms with Crippen LogP contribution < -0.4 is 5.32 Å². The molecule has 3 atom stereocenters. The molecule has 1 aromatic rings. The topological polar surface area (TPSA) is 15.3 Å². The summed E-state index contributed by atoms with van der Waals surface area (Å²) in [7, 11) is 0. The standard InChI is InChI=1S/C14H18F2N2/c1-9(13-4-12(15)2-3-14(13)16)18-7-10-5-17-6-11(10)8-18/h2-4,9-11,17H,5-8H2,1H3/t9?,10-,11+. The molecular weight excluding hydrogens is 234 g/mol. The smallest absolute Gasteiger partial charge is 0.128 e. The molecule has 2 aliphatic heterocycles. The molecule has 4 heteroatoms. The number of hydrogen-bond acceptors (Lipinski definition) is 2. The van der Waals surface area contributed by atoms with E-state index in [2.05, 4.69) is 10.2 Å². The molecule has 1 unspecified atom stereocenters. The number of nitrogens with one attached hydrogen (secondary N) is 1. The van der Waals surface area contributed by atoms with E-state index in [9.17, 15) is 8.78 Å². The van der Waals surface area contributed by atoms with Crippen LogP contribution in [-0.4, -0.2) is 31.1 Å². The minimum atomic E-state index is -0.362. The molecule has 1 N–H and O–H groups in total. The van der Waals surface area contributed by atoms with Crippen LogP contribution in [0.4, 0.5) is 8.78 Å². The van der Waals surface area contributed by atoms with Gasteiger partial charge in [-0.15, -0.1) is 0 Å². The molecule has 0 radical (unpaired) electrons. The zero-order valence-electron chi connectivity index (χ0n) is 10.5. The number of nitrogens with zero attached hydrogens (tertiary/aromatic N) is 1. The minimum absolute atomic E-state index is 0.0497. The SMILES string of the molecule is CC(c1cc(F)ccc1F)N1C[C@H]2CNC[C@H]2C1. The summed E-state index contributed by atoms with van der Waals surface area (Å²) in [5.74, 6) is 0.673. The van der Waals surface area contributed by atoms with Crippen molar-refractivity contribution in [2.45, 2.75) is 13.0 Å². The Labute approximate surface area is 106 Å². The molecule has 0 amide bonds. The van der Waals surface area contributed by atoms with Crippen LogP contribution >= 0.6 is 0 Å². The highest BCUT2D eigenvalue weighted by molar-refractivity contribution is 5.22. The Hall–Kier alpha value is -1.00. The summed E-state index contributed by atoms with van der Waals surface area (Å²) in [6, 6.07) is 3.67. The predicted molar refractivity (Wildman–Crippen MR) is 66.2 cm³/mol. The van der Waals surface area contributed by atoms with Crippen LogP contribution in [0.25, 0.3) is 0 Å². The zero-order valence-corrected chi connectivity index (χ0v) is 10.5. The highest BCUT2D eigenvalue weighted by atomic mass is 19.1. The Bertz CT molecular complexity index is 437. The van der Waals surface area contributed by atoms with Gasteiger partial charge < -0.3 is 5.32 Å². The first kappa shape index (κ1) is 12.1. The second-order valence-corrected chi connectivity index (χ2v) is 5.47. The zero-order chi connectivity index (χ0) is 12.7. The van der Waals surface area contributed by atoms with Crippen LogP contribution in [0.3, 0.4) is 0 Å². The second kappa shape index (κ2) is 4.59. The maximum atomic E-state index is 13.8. The first-order valence-corrected chi connectivity index (χ1v) is 6.55. The first-order chi connectivity index (χ1) is 8.65. The molecule has 0 aliphatic carbocycles. The molecule has 2 heterocycles. The van der Waals surface area contributed by atoms with Gasteiger partial charge in [-0.3, -0.25) is 4.90 Å². The Kier molecular flexibility index (Phi) is 3.08. The van der Waals surface area contributed by atoms with Gasteiger partial charge >= 0.3 is 0 Å². The summed E-state index contributed by atoms with van der Waals surface area (Å²) < 4.78 is 27.0. The van der Waals surface area contributed by atoms with E-state index in [1.54, 1.807) is 0 Å². The van der Waals surface area contributed by atoms with Crippen molar-refractivity contribution >= 4 is 0 Å². The highest BCUT2D eigenvalue weighted by Gasteiger charge is 2.38. The van der Waals surface area contributed by atoms with Crippen LogP contribution in [0, 0.1) is 23.5 Å². The number of benzene rings is 1. The number of hydrogen-bond donors (Lipinski definition) is 1. The van der Waals surface area contributed by atoms with E-state index in [1.807, 2.05) is 6.92 Å². The maximum absolute atomic E-state index is 13.8. The van der Waals surface area contributed by atoms with E-state index < -0.39 is 0 Å². The fourth-order valence-electron chi connectivity index (χ4n) is 3.24. The van der Waals surface area contributed by atoms with Crippen LogP contribution in [-0.2, 0) is 0 Å². The molecular formula is C14H18F2N2.